The first-order chi connectivity index (χ1) is 15.3. The number of pyridine rings is 1. The second kappa shape index (κ2) is 8.55. The zero-order valence-corrected chi connectivity index (χ0v) is 17.1. The van der Waals surface area contributed by atoms with E-state index < -0.39 is 0 Å². The third kappa shape index (κ3) is 4.26. The second-order valence-corrected chi connectivity index (χ2v) is 7.90. The second-order valence-electron chi connectivity index (χ2n) is 7.90. The van der Waals surface area contributed by atoms with E-state index in [9.17, 15) is 4.79 Å². The minimum Gasteiger partial charge on any atom is -0.366 e. The number of amides is 1. The molecule has 1 aliphatic rings. The van der Waals surface area contributed by atoms with Gasteiger partial charge in [-0.15, -0.1) is 5.10 Å². The van der Waals surface area contributed by atoms with Gasteiger partial charge in [-0.3, -0.25) is 9.78 Å². The first-order valence-electron chi connectivity index (χ1n) is 10.6. The number of nitrogens with one attached hydrogen (secondary N) is 2. The number of aromatic nitrogens is 4. The lowest BCUT2D eigenvalue weighted by molar-refractivity contribution is 0.0926. The summed E-state index contributed by atoms with van der Waals surface area (Å²) in [5.74, 6) is 0.838. The molecule has 1 amide bonds. The Kier molecular flexibility index (Phi) is 5.31. The average Bonchev–Trinajstić information content (AvgIpc) is 3.25. The first kappa shape index (κ1) is 19.2. The minimum atomic E-state index is 0.00729. The number of rotatable bonds is 5. The van der Waals surface area contributed by atoms with E-state index in [1.165, 1.54) is 0 Å². The van der Waals surface area contributed by atoms with Crippen LogP contribution in [0.3, 0.4) is 0 Å². The number of nitrogens with zero attached hydrogens (tertiary/aromatic N) is 4. The predicted molar refractivity (Wildman–Crippen MR) is 120 cm³/mol. The highest BCUT2D eigenvalue weighted by atomic mass is 16.1. The minimum absolute atomic E-state index is 0.00729. The number of carbonyl (C=O) groups excluding carboxylic acids is 1. The van der Waals surface area contributed by atoms with Crippen LogP contribution in [0.2, 0.25) is 0 Å². The van der Waals surface area contributed by atoms with Crippen molar-refractivity contribution in [1.82, 2.24) is 24.9 Å². The number of carbonyl (C=O) groups is 1. The average molecular weight is 412 g/mol. The van der Waals surface area contributed by atoms with Crippen LogP contribution in [-0.4, -0.2) is 37.6 Å². The lowest BCUT2D eigenvalue weighted by atomic mass is 9.91. The highest BCUT2D eigenvalue weighted by Gasteiger charge is 2.23. The maximum atomic E-state index is 12.4. The van der Waals surface area contributed by atoms with Crippen molar-refractivity contribution in [1.29, 1.82) is 0 Å². The van der Waals surface area contributed by atoms with Crippen LogP contribution in [0.4, 0.5) is 5.82 Å². The fourth-order valence-electron chi connectivity index (χ4n) is 4.12. The summed E-state index contributed by atoms with van der Waals surface area (Å²) in [5, 5.41) is 11.5. The highest BCUT2D eigenvalue weighted by Crippen LogP contribution is 2.24. The van der Waals surface area contributed by atoms with Crippen LogP contribution < -0.4 is 10.6 Å². The summed E-state index contributed by atoms with van der Waals surface area (Å²) in [6, 6.07) is 17.8. The van der Waals surface area contributed by atoms with Crippen molar-refractivity contribution >= 4 is 17.4 Å². The van der Waals surface area contributed by atoms with E-state index in [0.29, 0.717) is 11.6 Å². The maximum absolute atomic E-state index is 12.4. The molecule has 3 heterocycles. The fourth-order valence-corrected chi connectivity index (χ4v) is 4.12. The number of benzene rings is 1. The number of hydrogen-bond acceptors (Lipinski definition) is 5. The quantitative estimate of drug-likeness (QED) is 0.519. The molecule has 7 nitrogen and oxygen atoms in total. The van der Waals surface area contributed by atoms with Gasteiger partial charge in [0.25, 0.3) is 5.91 Å². The van der Waals surface area contributed by atoms with Gasteiger partial charge in [-0.05, 0) is 62.1 Å². The SMILES string of the molecule is O=C(N[C@H]1CC[C@H](Nc2ccc3ncc(-c4ccncc4)n3n2)CC1)c1ccccc1. The zero-order chi connectivity index (χ0) is 21.0. The molecular weight excluding hydrogens is 388 g/mol. The molecule has 0 spiro atoms. The van der Waals surface area contributed by atoms with E-state index in [4.69, 9.17) is 5.10 Å². The lowest BCUT2D eigenvalue weighted by Gasteiger charge is -2.30. The predicted octanol–water partition coefficient (Wildman–Crippen LogP) is 3.94. The van der Waals surface area contributed by atoms with Crippen LogP contribution in [0.5, 0.6) is 0 Å². The first-order valence-corrected chi connectivity index (χ1v) is 10.6. The van der Waals surface area contributed by atoms with E-state index in [1.807, 2.05) is 65.3 Å². The molecule has 0 unspecified atom stereocenters. The highest BCUT2D eigenvalue weighted by molar-refractivity contribution is 5.94. The Labute approximate surface area is 180 Å². The molecule has 0 saturated heterocycles. The maximum Gasteiger partial charge on any atom is 0.251 e. The van der Waals surface area contributed by atoms with Crippen molar-refractivity contribution in [2.24, 2.45) is 0 Å². The topological polar surface area (TPSA) is 84.2 Å². The Morgan fingerprint density at radius 1 is 0.903 bits per heavy atom. The molecule has 0 bridgehead atoms. The molecule has 1 fully saturated rings. The van der Waals surface area contributed by atoms with Crippen molar-refractivity contribution in [3.63, 3.8) is 0 Å². The van der Waals surface area contributed by atoms with E-state index in [1.54, 1.807) is 12.4 Å². The number of anilines is 1. The zero-order valence-electron chi connectivity index (χ0n) is 17.1. The van der Waals surface area contributed by atoms with Gasteiger partial charge in [0.15, 0.2) is 5.65 Å². The van der Waals surface area contributed by atoms with Crippen molar-refractivity contribution in [2.45, 2.75) is 37.8 Å². The van der Waals surface area contributed by atoms with Gasteiger partial charge in [0, 0.05) is 35.6 Å². The van der Waals surface area contributed by atoms with Crippen LogP contribution in [0.1, 0.15) is 36.0 Å². The van der Waals surface area contributed by atoms with E-state index in [2.05, 4.69) is 20.6 Å². The van der Waals surface area contributed by atoms with Crippen LogP contribution >= 0.6 is 0 Å². The molecule has 7 heteroatoms. The van der Waals surface area contributed by atoms with Gasteiger partial charge < -0.3 is 10.6 Å². The Hall–Kier alpha value is -3.74. The lowest BCUT2D eigenvalue weighted by Crippen LogP contribution is -2.40. The molecule has 5 rings (SSSR count). The molecule has 4 aromatic rings. The Bertz CT molecular complexity index is 1170. The van der Waals surface area contributed by atoms with Crippen LogP contribution in [-0.2, 0) is 0 Å². The summed E-state index contributed by atoms with van der Waals surface area (Å²) >= 11 is 0. The summed E-state index contributed by atoms with van der Waals surface area (Å²) in [4.78, 5) is 20.9. The summed E-state index contributed by atoms with van der Waals surface area (Å²) in [5.41, 5.74) is 3.49. The summed E-state index contributed by atoms with van der Waals surface area (Å²) in [7, 11) is 0. The normalized spacial score (nSPS) is 18.6. The third-order valence-corrected chi connectivity index (χ3v) is 5.79. The van der Waals surface area contributed by atoms with Crippen molar-refractivity contribution < 1.29 is 4.79 Å². The van der Waals surface area contributed by atoms with Crippen LogP contribution in [0.25, 0.3) is 16.9 Å². The summed E-state index contributed by atoms with van der Waals surface area (Å²) in [6.45, 7) is 0. The standard InChI is InChI=1S/C24H24N6O/c31-24(18-4-2-1-3-5-18)28-20-8-6-19(7-9-20)27-22-10-11-23-26-16-21(30(23)29-22)17-12-14-25-15-13-17/h1-5,10-16,19-20H,6-9H2,(H,27,29)(H,28,31)/t19-,20-. The molecular formula is C24H24N6O. The molecule has 1 aromatic carbocycles. The summed E-state index contributed by atoms with van der Waals surface area (Å²) < 4.78 is 1.86. The molecule has 31 heavy (non-hydrogen) atoms. The van der Waals surface area contributed by atoms with Gasteiger partial charge in [-0.25, -0.2) is 9.50 Å². The van der Waals surface area contributed by atoms with Gasteiger partial charge in [0.05, 0.1) is 11.9 Å². The van der Waals surface area contributed by atoms with Gasteiger partial charge >= 0.3 is 0 Å². The molecule has 1 saturated carbocycles. The van der Waals surface area contributed by atoms with Crippen LogP contribution in [0, 0.1) is 0 Å². The Morgan fingerprint density at radius 3 is 2.42 bits per heavy atom. The van der Waals surface area contributed by atoms with E-state index in [0.717, 1.165) is 48.4 Å². The number of imidazole rings is 1. The molecule has 2 N–H and O–H groups in total. The third-order valence-electron chi connectivity index (χ3n) is 5.79. The van der Waals surface area contributed by atoms with Gasteiger partial charge in [0.2, 0.25) is 0 Å². The molecule has 0 atom stereocenters. The largest absolute Gasteiger partial charge is 0.366 e. The monoisotopic (exact) mass is 412 g/mol. The van der Waals surface area contributed by atoms with Crippen LogP contribution in [0.15, 0.2) is 73.2 Å². The fraction of sp³-hybridized carbons (Fsp3) is 0.250. The van der Waals surface area contributed by atoms with E-state index >= 15 is 0 Å². The van der Waals surface area contributed by atoms with Crippen molar-refractivity contribution in [2.75, 3.05) is 5.32 Å². The molecule has 1 aliphatic carbocycles. The smallest absolute Gasteiger partial charge is 0.251 e. The number of hydrogen-bond donors (Lipinski definition) is 2. The molecule has 156 valence electrons. The van der Waals surface area contributed by atoms with Gasteiger partial charge in [-0.1, -0.05) is 18.2 Å². The molecule has 0 aliphatic heterocycles. The van der Waals surface area contributed by atoms with Gasteiger partial charge in [0.1, 0.15) is 5.82 Å². The number of fused-ring (bicyclic) bond motifs is 1. The summed E-state index contributed by atoms with van der Waals surface area (Å²) in [6.07, 6.45) is 9.25. The van der Waals surface area contributed by atoms with E-state index in [-0.39, 0.29) is 11.9 Å². The van der Waals surface area contributed by atoms with Crippen molar-refractivity contribution in [3.05, 3.63) is 78.8 Å². The Morgan fingerprint density at radius 2 is 1.65 bits per heavy atom. The Balaban J connectivity index is 1.22. The molecule has 3 aromatic heterocycles. The van der Waals surface area contributed by atoms with Gasteiger partial charge in [-0.2, -0.15) is 0 Å². The van der Waals surface area contributed by atoms with Crippen molar-refractivity contribution in [3.8, 4) is 11.3 Å². The molecule has 0 radical (unpaired) electrons.